The minimum Gasteiger partial charge on any atom is -0.504 e. The van der Waals surface area contributed by atoms with Crippen molar-refractivity contribution in [3.05, 3.63) is 18.2 Å². The fraction of sp³-hybridized carbons (Fsp3) is 0.500. The van der Waals surface area contributed by atoms with E-state index in [-0.39, 0.29) is 11.2 Å². The van der Waals surface area contributed by atoms with Crippen LogP contribution < -0.4 is 9.47 Å². The third-order valence-corrected chi connectivity index (χ3v) is 2.92. The first kappa shape index (κ1) is 10.1. The van der Waals surface area contributed by atoms with Crippen LogP contribution in [0.3, 0.4) is 0 Å². The second-order valence-corrected chi connectivity index (χ2v) is 5.00. The zero-order valence-corrected chi connectivity index (χ0v) is 9.50. The van der Waals surface area contributed by atoms with E-state index in [1.54, 1.807) is 18.2 Å². The highest BCUT2D eigenvalue weighted by molar-refractivity contribution is 5.52. The van der Waals surface area contributed by atoms with Gasteiger partial charge in [-0.25, -0.2) is 0 Å². The van der Waals surface area contributed by atoms with Crippen LogP contribution in [0, 0.1) is 5.41 Å². The Morgan fingerprint density at radius 1 is 1.20 bits per heavy atom. The van der Waals surface area contributed by atoms with Crippen LogP contribution in [-0.2, 0) is 0 Å². The van der Waals surface area contributed by atoms with E-state index in [0.29, 0.717) is 11.5 Å². The van der Waals surface area contributed by atoms with E-state index in [1.807, 2.05) is 27.7 Å². The average Bonchev–Trinajstić information content (AvgIpc) is 2.43. The third-order valence-electron chi connectivity index (χ3n) is 2.92. The summed E-state index contributed by atoms with van der Waals surface area (Å²) in [6, 6.07) is 5.13. The summed E-state index contributed by atoms with van der Waals surface area (Å²) in [5.41, 5.74) is -0.168. The molecule has 0 spiro atoms. The molecular formula is C12H16O3. The van der Waals surface area contributed by atoms with Crippen LogP contribution in [0.1, 0.15) is 27.7 Å². The van der Waals surface area contributed by atoms with Crippen LogP contribution in [0.15, 0.2) is 18.2 Å². The highest BCUT2D eigenvalue weighted by Gasteiger charge is 2.48. The van der Waals surface area contributed by atoms with E-state index in [2.05, 4.69) is 0 Å². The van der Waals surface area contributed by atoms with Crippen molar-refractivity contribution in [3.63, 3.8) is 0 Å². The second kappa shape index (κ2) is 2.81. The predicted molar refractivity (Wildman–Crippen MR) is 57.2 cm³/mol. The fourth-order valence-corrected chi connectivity index (χ4v) is 1.42. The van der Waals surface area contributed by atoms with Crippen molar-refractivity contribution >= 4 is 0 Å². The number of benzene rings is 1. The molecule has 1 heterocycles. The maximum absolute atomic E-state index is 9.62. The van der Waals surface area contributed by atoms with E-state index in [1.165, 1.54) is 0 Å². The number of ether oxygens (including phenoxy) is 2. The van der Waals surface area contributed by atoms with Gasteiger partial charge < -0.3 is 14.6 Å². The van der Waals surface area contributed by atoms with Crippen LogP contribution in [0.2, 0.25) is 0 Å². The molecule has 0 fully saturated rings. The Morgan fingerprint density at radius 2 is 1.87 bits per heavy atom. The highest BCUT2D eigenvalue weighted by atomic mass is 16.7. The Hall–Kier alpha value is -1.38. The number of fused-ring (bicyclic) bond motifs is 1. The standard InChI is InChI=1S/C12H16O3/c1-11(2,3)12(4)14-9-7-5-6-8(13)10(9)15-12/h5-7,13H,1-4H3/t12-/m1/s1. The third kappa shape index (κ3) is 1.42. The van der Waals surface area contributed by atoms with Gasteiger partial charge in [-0.1, -0.05) is 26.8 Å². The molecule has 3 nitrogen and oxygen atoms in total. The Morgan fingerprint density at radius 3 is 2.40 bits per heavy atom. The van der Waals surface area contributed by atoms with E-state index in [9.17, 15) is 5.11 Å². The molecule has 0 bridgehead atoms. The zero-order valence-electron chi connectivity index (χ0n) is 9.50. The molecule has 0 amide bonds. The van der Waals surface area contributed by atoms with Crippen molar-refractivity contribution in [2.24, 2.45) is 5.41 Å². The molecule has 1 atom stereocenters. The normalized spacial score (nSPS) is 24.3. The summed E-state index contributed by atoms with van der Waals surface area (Å²) in [4.78, 5) is 0. The molecule has 15 heavy (non-hydrogen) atoms. The number of hydrogen-bond acceptors (Lipinski definition) is 3. The van der Waals surface area contributed by atoms with Crippen LogP contribution in [-0.4, -0.2) is 10.9 Å². The van der Waals surface area contributed by atoms with Crippen LogP contribution in [0.4, 0.5) is 0 Å². The van der Waals surface area contributed by atoms with E-state index in [0.717, 1.165) is 0 Å². The number of rotatable bonds is 0. The molecule has 0 saturated heterocycles. The molecule has 1 aromatic rings. The van der Waals surface area contributed by atoms with E-state index >= 15 is 0 Å². The summed E-state index contributed by atoms with van der Waals surface area (Å²) in [5, 5.41) is 9.62. The molecule has 1 aromatic carbocycles. The first-order valence-electron chi connectivity index (χ1n) is 5.03. The highest BCUT2D eigenvalue weighted by Crippen LogP contribution is 2.50. The minimum atomic E-state index is -0.728. The summed E-state index contributed by atoms with van der Waals surface area (Å²) in [6.45, 7) is 7.99. The molecule has 2 rings (SSSR count). The second-order valence-electron chi connectivity index (χ2n) is 5.00. The number of aromatic hydroxyl groups is 1. The SMILES string of the molecule is CC(C)(C)[C@]1(C)Oc2cccc(O)c2O1. The predicted octanol–water partition coefficient (Wildman–Crippen LogP) is 2.93. The van der Waals surface area contributed by atoms with Gasteiger partial charge in [-0.2, -0.15) is 0 Å². The van der Waals surface area contributed by atoms with Gasteiger partial charge in [0.2, 0.25) is 5.75 Å². The lowest BCUT2D eigenvalue weighted by Crippen LogP contribution is -2.47. The summed E-state index contributed by atoms with van der Waals surface area (Å²) in [5.74, 6) is 0.441. The molecule has 1 N–H and O–H groups in total. The van der Waals surface area contributed by atoms with Gasteiger partial charge in [-0.05, 0) is 12.1 Å². The number of para-hydroxylation sites is 1. The molecule has 0 aliphatic carbocycles. The monoisotopic (exact) mass is 208 g/mol. The summed E-state index contributed by atoms with van der Waals surface area (Å²) in [6.07, 6.45) is 0. The molecule has 0 unspecified atom stereocenters. The lowest BCUT2D eigenvalue weighted by atomic mass is 9.87. The smallest absolute Gasteiger partial charge is 0.253 e. The van der Waals surface area contributed by atoms with Crippen LogP contribution in [0.25, 0.3) is 0 Å². The molecular weight excluding hydrogens is 192 g/mol. The Kier molecular flexibility index (Phi) is 1.90. The quantitative estimate of drug-likeness (QED) is 0.712. The van der Waals surface area contributed by atoms with Crippen molar-refractivity contribution in [2.45, 2.75) is 33.5 Å². The average molecular weight is 208 g/mol. The molecule has 82 valence electrons. The van der Waals surface area contributed by atoms with Crippen LogP contribution >= 0.6 is 0 Å². The molecule has 0 radical (unpaired) electrons. The molecule has 1 aliphatic rings. The Balaban J connectivity index is 2.42. The van der Waals surface area contributed by atoms with Crippen molar-refractivity contribution in [3.8, 4) is 17.2 Å². The van der Waals surface area contributed by atoms with Gasteiger partial charge in [0.1, 0.15) is 0 Å². The lowest BCUT2D eigenvalue weighted by Gasteiger charge is -2.35. The van der Waals surface area contributed by atoms with Crippen molar-refractivity contribution in [2.75, 3.05) is 0 Å². The Bertz CT molecular complexity index is 392. The lowest BCUT2D eigenvalue weighted by molar-refractivity contribution is -0.143. The first-order chi connectivity index (χ1) is 6.83. The Labute approximate surface area is 89.6 Å². The maximum Gasteiger partial charge on any atom is 0.253 e. The first-order valence-corrected chi connectivity index (χ1v) is 5.03. The minimum absolute atomic E-state index is 0.125. The van der Waals surface area contributed by atoms with Gasteiger partial charge in [-0.3, -0.25) is 0 Å². The summed E-state index contributed by atoms with van der Waals surface area (Å²) < 4.78 is 11.5. The zero-order chi connectivity index (χ0) is 11.3. The van der Waals surface area contributed by atoms with Gasteiger partial charge in [0.15, 0.2) is 11.5 Å². The van der Waals surface area contributed by atoms with Crippen molar-refractivity contribution < 1.29 is 14.6 Å². The van der Waals surface area contributed by atoms with Gasteiger partial charge in [0, 0.05) is 12.3 Å². The van der Waals surface area contributed by atoms with Crippen molar-refractivity contribution in [1.82, 2.24) is 0 Å². The molecule has 0 aromatic heterocycles. The van der Waals surface area contributed by atoms with E-state index in [4.69, 9.17) is 9.47 Å². The van der Waals surface area contributed by atoms with Gasteiger partial charge in [0.05, 0.1) is 0 Å². The number of phenolic OH excluding ortho intramolecular Hbond substituents is 1. The van der Waals surface area contributed by atoms with Crippen molar-refractivity contribution in [1.29, 1.82) is 0 Å². The molecule has 0 saturated carbocycles. The topological polar surface area (TPSA) is 38.7 Å². The van der Waals surface area contributed by atoms with Crippen LogP contribution in [0.5, 0.6) is 17.2 Å². The van der Waals surface area contributed by atoms with E-state index < -0.39 is 5.79 Å². The largest absolute Gasteiger partial charge is 0.504 e. The number of hydrogen-bond donors (Lipinski definition) is 1. The summed E-state index contributed by atoms with van der Waals surface area (Å²) >= 11 is 0. The fourth-order valence-electron chi connectivity index (χ4n) is 1.42. The molecule has 1 aliphatic heterocycles. The number of phenols is 1. The van der Waals surface area contributed by atoms with Gasteiger partial charge in [-0.15, -0.1) is 0 Å². The maximum atomic E-state index is 9.62. The molecule has 3 heteroatoms. The van der Waals surface area contributed by atoms with Gasteiger partial charge >= 0.3 is 0 Å². The van der Waals surface area contributed by atoms with Gasteiger partial charge in [0.25, 0.3) is 5.79 Å². The summed E-state index contributed by atoms with van der Waals surface area (Å²) in [7, 11) is 0.